The molecule has 3 rings (SSSR count). The van der Waals surface area contributed by atoms with E-state index in [0.29, 0.717) is 6.42 Å². The van der Waals surface area contributed by atoms with E-state index in [1.54, 1.807) is 0 Å². The molecule has 0 aromatic heterocycles. The summed E-state index contributed by atoms with van der Waals surface area (Å²) in [4.78, 5) is 12.1. The lowest BCUT2D eigenvalue weighted by Crippen LogP contribution is -2.14. The Hall–Kier alpha value is -1.31. The maximum absolute atomic E-state index is 12.1. The molecule has 1 aromatic carbocycles. The highest BCUT2D eigenvalue weighted by atomic mass is 16.1. The number of anilines is 1. The van der Waals surface area contributed by atoms with Crippen LogP contribution in [0.1, 0.15) is 61.3 Å². The second-order valence-electron chi connectivity index (χ2n) is 5.89. The third kappa shape index (κ3) is 2.41. The summed E-state index contributed by atoms with van der Waals surface area (Å²) in [5, 5.41) is 3.24. The number of hydrogen-bond donors (Lipinski definition) is 1. The maximum atomic E-state index is 12.1. The molecule has 1 N–H and O–H groups in total. The van der Waals surface area contributed by atoms with Gasteiger partial charge in [-0.25, -0.2) is 0 Å². The Bertz CT molecular complexity index is 472. The average Bonchev–Trinajstić information content (AvgIpc) is 3.04. The number of amides is 1. The molecule has 102 valence electrons. The van der Waals surface area contributed by atoms with Crippen LogP contribution in [0.15, 0.2) is 6.07 Å². The summed E-state index contributed by atoms with van der Waals surface area (Å²) in [6.07, 6.45) is 9.90. The molecule has 0 aliphatic heterocycles. The fourth-order valence-electron chi connectivity index (χ4n) is 3.51. The molecule has 0 saturated carbocycles. The minimum absolute atomic E-state index is 0.205. The van der Waals surface area contributed by atoms with Crippen LogP contribution in [0.2, 0.25) is 0 Å². The SMILES string of the molecule is CCCCC(=O)Nc1c2c(cc3c1CCC3)CCC2. The molecule has 0 unspecified atom stereocenters. The third-order valence-electron chi connectivity index (χ3n) is 4.49. The van der Waals surface area contributed by atoms with Gasteiger partial charge in [-0.1, -0.05) is 19.4 Å². The molecular weight excluding hydrogens is 234 g/mol. The van der Waals surface area contributed by atoms with E-state index in [1.165, 1.54) is 53.6 Å². The monoisotopic (exact) mass is 257 g/mol. The van der Waals surface area contributed by atoms with Gasteiger partial charge >= 0.3 is 0 Å². The number of carbonyl (C=O) groups excluding carboxylic acids is 1. The van der Waals surface area contributed by atoms with E-state index in [2.05, 4.69) is 18.3 Å². The summed E-state index contributed by atoms with van der Waals surface area (Å²) in [5.41, 5.74) is 7.05. The second-order valence-corrected chi connectivity index (χ2v) is 5.89. The van der Waals surface area contributed by atoms with Crippen molar-refractivity contribution >= 4 is 11.6 Å². The first-order valence-corrected chi connectivity index (χ1v) is 7.76. The van der Waals surface area contributed by atoms with Crippen LogP contribution in [0.25, 0.3) is 0 Å². The van der Waals surface area contributed by atoms with Crippen molar-refractivity contribution in [1.29, 1.82) is 0 Å². The van der Waals surface area contributed by atoms with Crippen LogP contribution in [0.5, 0.6) is 0 Å². The lowest BCUT2D eigenvalue weighted by atomic mass is 9.98. The highest BCUT2D eigenvalue weighted by molar-refractivity contribution is 5.93. The zero-order valence-electron chi connectivity index (χ0n) is 11.8. The number of hydrogen-bond acceptors (Lipinski definition) is 1. The lowest BCUT2D eigenvalue weighted by molar-refractivity contribution is -0.116. The van der Waals surface area contributed by atoms with Crippen molar-refractivity contribution in [2.45, 2.75) is 64.7 Å². The normalized spacial score (nSPS) is 16.3. The summed E-state index contributed by atoms with van der Waals surface area (Å²) in [5.74, 6) is 0.205. The molecule has 2 nitrogen and oxygen atoms in total. The van der Waals surface area contributed by atoms with Crippen molar-refractivity contribution in [3.05, 3.63) is 28.3 Å². The van der Waals surface area contributed by atoms with Crippen LogP contribution in [-0.2, 0) is 30.5 Å². The fourth-order valence-corrected chi connectivity index (χ4v) is 3.51. The molecule has 2 aliphatic carbocycles. The van der Waals surface area contributed by atoms with E-state index in [-0.39, 0.29) is 5.91 Å². The molecule has 0 fully saturated rings. The number of fused-ring (bicyclic) bond motifs is 2. The first kappa shape index (κ1) is 12.7. The Balaban J connectivity index is 1.89. The molecule has 19 heavy (non-hydrogen) atoms. The van der Waals surface area contributed by atoms with Crippen LogP contribution in [-0.4, -0.2) is 5.91 Å². The molecule has 0 saturated heterocycles. The third-order valence-corrected chi connectivity index (χ3v) is 4.49. The molecule has 2 heteroatoms. The molecule has 0 spiro atoms. The van der Waals surface area contributed by atoms with Crippen molar-refractivity contribution in [2.75, 3.05) is 5.32 Å². The van der Waals surface area contributed by atoms with Gasteiger partial charge in [-0.2, -0.15) is 0 Å². The highest BCUT2D eigenvalue weighted by Gasteiger charge is 2.24. The van der Waals surface area contributed by atoms with Gasteiger partial charge in [0, 0.05) is 12.1 Å². The van der Waals surface area contributed by atoms with Gasteiger partial charge in [-0.3, -0.25) is 4.79 Å². The van der Waals surface area contributed by atoms with Crippen LogP contribution in [0.4, 0.5) is 5.69 Å². The fraction of sp³-hybridized carbons (Fsp3) is 0.588. The van der Waals surface area contributed by atoms with E-state index in [9.17, 15) is 4.79 Å². The van der Waals surface area contributed by atoms with Crippen LogP contribution in [0.3, 0.4) is 0 Å². The number of nitrogens with one attached hydrogen (secondary N) is 1. The van der Waals surface area contributed by atoms with Crippen molar-refractivity contribution in [3.8, 4) is 0 Å². The quantitative estimate of drug-likeness (QED) is 0.873. The standard InChI is InChI=1S/C17H23NO/c1-2-3-10-16(19)18-17-14-8-4-6-12(14)11-13-7-5-9-15(13)17/h11H,2-10H2,1H3,(H,18,19). The highest BCUT2D eigenvalue weighted by Crippen LogP contribution is 2.38. The topological polar surface area (TPSA) is 29.1 Å². The van der Waals surface area contributed by atoms with E-state index >= 15 is 0 Å². The van der Waals surface area contributed by atoms with E-state index in [4.69, 9.17) is 0 Å². The predicted molar refractivity (Wildman–Crippen MR) is 78.6 cm³/mol. The van der Waals surface area contributed by atoms with Crippen molar-refractivity contribution in [3.63, 3.8) is 0 Å². The van der Waals surface area contributed by atoms with Crippen LogP contribution < -0.4 is 5.32 Å². The van der Waals surface area contributed by atoms with Gasteiger partial charge in [-0.15, -0.1) is 0 Å². The molecule has 1 amide bonds. The molecule has 0 bridgehead atoms. The summed E-state index contributed by atoms with van der Waals surface area (Å²) in [6, 6.07) is 2.41. The minimum atomic E-state index is 0.205. The first-order chi connectivity index (χ1) is 9.29. The van der Waals surface area contributed by atoms with E-state index in [0.717, 1.165) is 25.7 Å². The van der Waals surface area contributed by atoms with Crippen molar-refractivity contribution in [1.82, 2.24) is 0 Å². The minimum Gasteiger partial charge on any atom is -0.326 e. The van der Waals surface area contributed by atoms with E-state index < -0.39 is 0 Å². The Morgan fingerprint density at radius 2 is 1.74 bits per heavy atom. The Labute approximate surface area is 115 Å². The number of carbonyl (C=O) groups is 1. The van der Waals surface area contributed by atoms with Gasteiger partial charge in [0.15, 0.2) is 0 Å². The van der Waals surface area contributed by atoms with Crippen molar-refractivity contribution < 1.29 is 4.79 Å². The van der Waals surface area contributed by atoms with Gasteiger partial charge in [0.2, 0.25) is 5.91 Å². The largest absolute Gasteiger partial charge is 0.326 e. The molecule has 0 radical (unpaired) electrons. The van der Waals surface area contributed by atoms with E-state index in [1.807, 2.05) is 0 Å². The molecular formula is C17H23NO. The van der Waals surface area contributed by atoms with Crippen molar-refractivity contribution in [2.24, 2.45) is 0 Å². The number of unbranched alkanes of at least 4 members (excludes halogenated alkanes) is 1. The summed E-state index contributed by atoms with van der Waals surface area (Å²) in [7, 11) is 0. The number of aryl methyl sites for hydroxylation is 2. The predicted octanol–water partition coefficient (Wildman–Crippen LogP) is 3.79. The Morgan fingerprint density at radius 1 is 1.11 bits per heavy atom. The maximum Gasteiger partial charge on any atom is 0.224 e. The molecule has 2 aliphatic rings. The second kappa shape index (κ2) is 5.36. The zero-order chi connectivity index (χ0) is 13.2. The number of rotatable bonds is 4. The smallest absolute Gasteiger partial charge is 0.224 e. The molecule has 1 aromatic rings. The summed E-state index contributed by atoms with van der Waals surface area (Å²) >= 11 is 0. The molecule has 0 atom stereocenters. The number of benzene rings is 1. The van der Waals surface area contributed by atoms with Crippen LogP contribution in [0, 0.1) is 0 Å². The molecule has 0 heterocycles. The van der Waals surface area contributed by atoms with Gasteiger partial charge in [-0.05, 0) is 67.2 Å². The van der Waals surface area contributed by atoms with Crippen LogP contribution >= 0.6 is 0 Å². The first-order valence-electron chi connectivity index (χ1n) is 7.76. The Kier molecular flexibility index (Phi) is 3.58. The average molecular weight is 257 g/mol. The zero-order valence-corrected chi connectivity index (χ0v) is 11.8. The lowest BCUT2D eigenvalue weighted by Gasteiger charge is -2.16. The van der Waals surface area contributed by atoms with Gasteiger partial charge in [0.05, 0.1) is 0 Å². The van der Waals surface area contributed by atoms with Gasteiger partial charge in [0.25, 0.3) is 0 Å². The van der Waals surface area contributed by atoms with Gasteiger partial charge < -0.3 is 5.32 Å². The summed E-state index contributed by atoms with van der Waals surface area (Å²) < 4.78 is 0. The van der Waals surface area contributed by atoms with Gasteiger partial charge in [0.1, 0.15) is 0 Å². The summed E-state index contributed by atoms with van der Waals surface area (Å²) in [6.45, 7) is 2.13. The Morgan fingerprint density at radius 3 is 2.32 bits per heavy atom.